The molecule has 0 amide bonds. The summed E-state index contributed by atoms with van der Waals surface area (Å²) >= 11 is 0. The summed E-state index contributed by atoms with van der Waals surface area (Å²) < 4.78 is 18.6. The molecule has 0 radical (unpaired) electrons. The van der Waals surface area contributed by atoms with Gasteiger partial charge >= 0.3 is 11.9 Å². The molecular weight excluding hydrogens is 514 g/mol. The number of aromatic carboxylic acids is 2. The van der Waals surface area contributed by atoms with Gasteiger partial charge in [-0.05, 0) is 79.4 Å². The fourth-order valence-corrected chi connectivity index (χ4v) is 5.10. The van der Waals surface area contributed by atoms with E-state index in [4.69, 9.17) is 14.2 Å². The van der Waals surface area contributed by atoms with E-state index in [-0.39, 0.29) is 42.7 Å². The first kappa shape index (κ1) is 26.8. The van der Waals surface area contributed by atoms with Crippen molar-refractivity contribution in [3.63, 3.8) is 0 Å². The molecule has 2 heterocycles. The number of hydrogen-bond acceptors (Lipinski definition) is 6. The number of carboxylic acid groups (broad SMARTS) is 2. The Labute approximate surface area is 230 Å². The van der Waals surface area contributed by atoms with Crippen LogP contribution in [0.1, 0.15) is 63.9 Å². The van der Waals surface area contributed by atoms with Crippen LogP contribution in [0.5, 0.6) is 17.2 Å². The van der Waals surface area contributed by atoms with Gasteiger partial charge in [0.25, 0.3) is 0 Å². The molecule has 0 saturated heterocycles. The number of carbonyl (C=O) groups is 2. The number of carboxylic acids is 2. The summed E-state index contributed by atoms with van der Waals surface area (Å²) in [6.07, 6.45) is 0.486. The van der Waals surface area contributed by atoms with Crippen LogP contribution < -0.4 is 19.6 Å². The molecule has 0 unspecified atom stereocenters. The third-order valence-corrected chi connectivity index (χ3v) is 6.87. The van der Waals surface area contributed by atoms with Crippen LogP contribution in [0, 0.1) is 0 Å². The Balaban J connectivity index is 1.76. The van der Waals surface area contributed by atoms with Crippen molar-refractivity contribution in [3.8, 4) is 17.2 Å². The topological polar surface area (TPSA) is 124 Å². The van der Waals surface area contributed by atoms with Crippen LogP contribution in [0.3, 0.4) is 0 Å². The molecule has 3 aromatic carbocycles. The monoisotopic (exact) mass is 543 g/mol. The van der Waals surface area contributed by atoms with E-state index in [1.54, 1.807) is 34.9 Å². The average Bonchev–Trinajstić information content (AvgIpc) is 3.37. The van der Waals surface area contributed by atoms with Crippen molar-refractivity contribution in [2.45, 2.75) is 46.3 Å². The minimum absolute atomic E-state index is 0.0519. The highest BCUT2D eigenvalue weighted by molar-refractivity contribution is 5.93. The van der Waals surface area contributed by atoms with Crippen LogP contribution in [0.15, 0.2) is 59.4 Å². The Morgan fingerprint density at radius 1 is 0.975 bits per heavy atom. The normalized spacial score (nSPS) is 12.2. The predicted octanol–water partition coefficient (Wildman–Crippen LogP) is 5.12. The van der Waals surface area contributed by atoms with Gasteiger partial charge in [0.15, 0.2) is 16.9 Å². The first-order chi connectivity index (χ1) is 19.2. The average molecular weight is 544 g/mol. The maximum Gasteiger partial charge on any atom is 0.352 e. The fraction of sp³-hybridized carbons (Fsp3) is 0.258. The highest BCUT2D eigenvalue weighted by Crippen LogP contribution is 2.36. The molecule has 4 aromatic rings. The Hall–Kier alpha value is -4.79. The number of ether oxygens (including phenoxy) is 3. The molecule has 1 aliphatic rings. The van der Waals surface area contributed by atoms with Crippen LogP contribution in [-0.4, -0.2) is 39.6 Å². The van der Waals surface area contributed by atoms with Gasteiger partial charge in [-0.15, -0.1) is 0 Å². The summed E-state index contributed by atoms with van der Waals surface area (Å²) in [5, 5.41) is 20.2. The van der Waals surface area contributed by atoms with Crippen LogP contribution in [0.2, 0.25) is 0 Å². The molecule has 206 valence electrons. The Bertz CT molecular complexity index is 1700. The summed E-state index contributed by atoms with van der Waals surface area (Å²) in [4.78, 5) is 38.3. The molecule has 0 saturated carbocycles. The van der Waals surface area contributed by atoms with E-state index >= 15 is 0 Å². The standard InChI is InChI=1S/C31H29NO8/c1-4-19-12-26-27(39-16-38-26)13-21(19)15-32-25-9-8-22(40-17(2)3)14-23(25)29(33)24(28(32)31(36)37)11-18-6-5-7-20(10-18)30(34)35/h5-10,12-14,17H,4,11,15-16H2,1-3H3,(H,34,35)(H,36,37). The Morgan fingerprint density at radius 3 is 2.35 bits per heavy atom. The maximum absolute atomic E-state index is 13.9. The molecule has 0 atom stereocenters. The molecule has 9 nitrogen and oxygen atoms in total. The van der Waals surface area contributed by atoms with Crippen molar-refractivity contribution >= 4 is 22.8 Å². The van der Waals surface area contributed by atoms with E-state index < -0.39 is 17.4 Å². The van der Waals surface area contributed by atoms with Crippen molar-refractivity contribution in [3.05, 3.63) is 98.3 Å². The van der Waals surface area contributed by atoms with Crippen molar-refractivity contribution in [2.75, 3.05) is 6.79 Å². The number of pyridine rings is 1. The lowest BCUT2D eigenvalue weighted by molar-refractivity contribution is 0.0677. The number of rotatable bonds is 9. The number of nitrogens with zero attached hydrogens (tertiary/aromatic N) is 1. The lowest BCUT2D eigenvalue weighted by Crippen LogP contribution is -2.25. The second-order valence-electron chi connectivity index (χ2n) is 9.90. The van der Waals surface area contributed by atoms with E-state index in [1.165, 1.54) is 12.1 Å². The van der Waals surface area contributed by atoms with Gasteiger partial charge in [0, 0.05) is 23.9 Å². The van der Waals surface area contributed by atoms with Crippen LogP contribution in [0.4, 0.5) is 0 Å². The van der Waals surface area contributed by atoms with E-state index in [0.717, 1.165) is 11.1 Å². The van der Waals surface area contributed by atoms with Crippen LogP contribution in [-0.2, 0) is 19.4 Å². The molecule has 1 aromatic heterocycles. The second-order valence-corrected chi connectivity index (χ2v) is 9.90. The summed E-state index contributed by atoms with van der Waals surface area (Å²) in [6.45, 7) is 6.02. The molecule has 0 aliphatic carbocycles. The van der Waals surface area contributed by atoms with Crippen LogP contribution >= 0.6 is 0 Å². The lowest BCUT2D eigenvalue weighted by Gasteiger charge is -2.21. The van der Waals surface area contributed by atoms with Crippen LogP contribution in [0.25, 0.3) is 10.9 Å². The molecule has 40 heavy (non-hydrogen) atoms. The van der Waals surface area contributed by atoms with Crippen molar-refractivity contribution in [2.24, 2.45) is 0 Å². The maximum atomic E-state index is 13.9. The lowest BCUT2D eigenvalue weighted by atomic mass is 9.97. The van der Waals surface area contributed by atoms with E-state index in [9.17, 15) is 24.6 Å². The van der Waals surface area contributed by atoms with Gasteiger partial charge in [-0.1, -0.05) is 19.1 Å². The number of aryl methyl sites for hydroxylation is 1. The summed E-state index contributed by atoms with van der Waals surface area (Å²) in [5.74, 6) is -0.664. The molecule has 0 spiro atoms. The predicted molar refractivity (Wildman–Crippen MR) is 148 cm³/mol. The zero-order valence-corrected chi connectivity index (χ0v) is 22.4. The SMILES string of the molecule is CCc1cc2c(cc1Cn1c(C(=O)O)c(Cc3cccc(C(=O)O)c3)c(=O)c3cc(OC(C)C)ccc31)OCO2. The third-order valence-electron chi connectivity index (χ3n) is 6.87. The van der Waals surface area contributed by atoms with Gasteiger partial charge in [0.2, 0.25) is 6.79 Å². The molecule has 0 fully saturated rings. The smallest absolute Gasteiger partial charge is 0.352 e. The Kier molecular flexibility index (Phi) is 7.21. The summed E-state index contributed by atoms with van der Waals surface area (Å²) in [5.41, 5.74) is 2.26. The number of benzene rings is 3. The fourth-order valence-electron chi connectivity index (χ4n) is 5.10. The molecule has 0 bridgehead atoms. The van der Waals surface area contributed by atoms with Gasteiger partial charge < -0.3 is 29.0 Å². The van der Waals surface area contributed by atoms with Gasteiger partial charge in [0.1, 0.15) is 11.4 Å². The highest BCUT2D eigenvalue weighted by atomic mass is 16.7. The quantitative estimate of drug-likeness (QED) is 0.298. The van der Waals surface area contributed by atoms with Crippen molar-refractivity contribution < 1.29 is 34.0 Å². The number of aromatic nitrogens is 1. The summed E-state index contributed by atoms with van der Waals surface area (Å²) in [7, 11) is 0. The van der Waals surface area contributed by atoms with Gasteiger partial charge in [-0.2, -0.15) is 0 Å². The van der Waals surface area contributed by atoms with Crippen molar-refractivity contribution in [1.82, 2.24) is 4.57 Å². The number of fused-ring (bicyclic) bond motifs is 2. The van der Waals surface area contributed by atoms with Gasteiger partial charge in [0.05, 0.1) is 17.2 Å². The molecular formula is C31H29NO8. The molecule has 5 rings (SSSR count). The first-order valence-electron chi connectivity index (χ1n) is 13.0. The van der Waals surface area contributed by atoms with Crippen molar-refractivity contribution in [1.29, 1.82) is 0 Å². The van der Waals surface area contributed by atoms with E-state index in [2.05, 4.69) is 0 Å². The minimum Gasteiger partial charge on any atom is -0.491 e. The zero-order chi connectivity index (χ0) is 28.6. The largest absolute Gasteiger partial charge is 0.491 e. The van der Waals surface area contributed by atoms with Gasteiger partial charge in [-0.25, -0.2) is 9.59 Å². The third kappa shape index (κ3) is 5.10. The van der Waals surface area contributed by atoms with E-state index in [0.29, 0.717) is 40.1 Å². The summed E-state index contributed by atoms with van der Waals surface area (Å²) in [6, 6.07) is 15.0. The minimum atomic E-state index is -1.26. The highest BCUT2D eigenvalue weighted by Gasteiger charge is 2.25. The molecule has 1 aliphatic heterocycles. The van der Waals surface area contributed by atoms with E-state index in [1.807, 2.05) is 32.9 Å². The first-order valence-corrected chi connectivity index (χ1v) is 13.0. The molecule has 9 heteroatoms. The zero-order valence-electron chi connectivity index (χ0n) is 22.4. The Morgan fingerprint density at radius 2 is 1.70 bits per heavy atom. The number of hydrogen-bond donors (Lipinski definition) is 2. The molecule has 2 N–H and O–H groups in total. The second kappa shape index (κ2) is 10.8. The van der Waals surface area contributed by atoms with Gasteiger partial charge in [-0.3, -0.25) is 4.79 Å².